The van der Waals surface area contributed by atoms with Gasteiger partial charge in [0.25, 0.3) is 5.91 Å². The minimum atomic E-state index is -0.811. The molecule has 1 amide bonds. The molecule has 0 unspecified atom stereocenters. The van der Waals surface area contributed by atoms with Gasteiger partial charge in [0, 0.05) is 24.5 Å². The van der Waals surface area contributed by atoms with Gasteiger partial charge in [-0.15, -0.1) is 5.10 Å². The third kappa shape index (κ3) is 4.52. The number of ether oxygens (including phenoxy) is 2. The van der Waals surface area contributed by atoms with Crippen LogP contribution in [0.4, 0.5) is 0 Å². The Hall–Kier alpha value is -3.04. The summed E-state index contributed by atoms with van der Waals surface area (Å²) in [5, 5.41) is 7.24. The van der Waals surface area contributed by atoms with Gasteiger partial charge in [-0.2, -0.15) is 4.68 Å². The average Bonchev–Trinajstić information content (AvgIpc) is 3.28. The number of esters is 2. The van der Waals surface area contributed by atoms with Crippen LogP contribution in [0, 0.1) is 5.92 Å². The second-order valence-electron chi connectivity index (χ2n) is 6.00. The second-order valence-corrected chi connectivity index (χ2v) is 6.00. The normalized spacial score (nSPS) is 19.8. The highest BCUT2D eigenvalue weighted by Gasteiger charge is 2.42. The van der Waals surface area contributed by atoms with E-state index in [1.165, 1.54) is 24.4 Å². The molecule has 0 saturated carbocycles. The monoisotopic (exact) mass is 364 g/mol. The van der Waals surface area contributed by atoms with Gasteiger partial charge in [-0.25, -0.2) is 9.59 Å². The van der Waals surface area contributed by atoms with Crippen molar-refractivity contribution in [2.75, 3.05) is 13.7 Å². The van der Waals surface area contributed by atoms with Gasteiger partial charge in [-0.05, 0) is 0 Å². The number of rotatable bonds is 5. The number of methoxy groups -OCH3 is 1. The summed E-state index contributed by atoms with van der Waals surface area (Å²) in [6.45, 7) is 3.52. The largest absolute Gasteiger partial charge is 0.466 e. The molecule has 1 fully saturated rings. The lowest BCUT2D eigenvalue weighted by atomic mass is 10.1. The first-order chi connectivity index (χ1) is 12.3. The van der Waals surface area contributed by atoms with Gasteiger partial charge in [-0.3, -0.25) is 9.59 Å². The molecule has 140 valence electrons. The average molecular weight is 364 g/mol. The molecule has 1 aromatic rings. The molecule has 26 heavy (non-hydrogen) atoms. The first-order valence-corrected chi connectivity index (χ1v) is 8.01. The topological polar surface area (TPSA) is 121 Å². The van der Waals surface area contributed by atoms with Gasteiger partial charge in [0.1, 0.15) is 12.1 Å². The van der Waals surface area contributed by atoms with Crippen molar-refractivity contribution in [1.82, 2.24) is 19.9 Å². The number of carbonyl (C=O) groups excluding carboxylic acids is 4. The summed E-state index contributed by atoms with van der Waals surface area (Å²) < 4.78 is 10.7. The molecule has 10 nitrogen and oxygen atoms in total. The van der Waals surface area contributed by atoms with Gasteiger partial charge >= 0.3 is 11.9 Å². The molecule has 2 heterocycles. The molecule has 0 spiro atoms. The van der Waals surface area contributed by atoms with Crippen molar-refractivity contribution >= 4 is 23.8 Å². The molecule has 1 aromatic heterocycles. The summed E-state index contributed by atoms with van der Waals surface area (Å²) in [6.07, 6.45) is 4.08. The number of aromatic nitrogens is 3. The van der Waals surface area contributed by atoms with Crippen molar-refractivity contribution < 1.29 is 28.7 Å². The Labute approximate surface area is 149 Å². The highest BCUT2D eigenvalue weighted by atomic mass is 16.5. The summed E-state index contributed by atoms with van der Waals surface area (Å²) in [7, 11) is 1.19. The first kappa shape index (κ1) is 19.3. The van der Waals surface area contributed by atoms with E-state index in [2.05, 4.69) is 15.0 Å². The molecule has 1 saturated heterocycles. The predicted octanol–water partition coefficient (Wildman–Crippen LogP) is -0.184. The van der Waals surface area contributed by atoms with E-state index in [1.807, 2.05) is 0 Å². The molecular weight excluding hydrogens is 344 g/mol. The summed E-state index contributed by atoms with van der Waals surface area (Å²) in [5.74, 6) is -2.43. The van der Waals surface area contributed by atoms with Crippen LogP contribution in [0.5, 0.6) is 0 Å². The quantitative estimate of drug-likeness (QED) is 0.521. The molecule has 0 bridgehead atoms. The fraction of sp³-hybridized carbons (Fsp3) is 0.500. The molecule has 1 aliphatic heterocycles. The van der Waals surface area contributed by atoms with Crippen molar-refractivity contribution in [2.24, 2.45) is 5.92 Å². The number of hydrogen-bond donors (Lipinski definition) is 0. The Morgan fingerprint density at radius 1 is 1.19 bits per heavy atom. The maximum Gasteiger partial charge on any atom is 0.331 e. The Kier molecular flexibility index (Phi) is 6.21. The van der Waals surface area contributed by atoms with E-state index >= 15 is 0 Å². The van der Waals surface area contributed by atoms with Crippen LogP contribution in [-0.2, 0) is 23.9 Å². The third-order valence-corrected chi connectivity index (χ3v) is 3.81. The summed E-state index contributed by atoms with van der Waals surface area (Å²) in [5.41, 5.74) is 0. The van der Waals surface area contributed by atoms with E-state index in [-0.39, 0.29) is 24.8 Å². The van der Waals surface area contributed by atoms with Crippen LogP contribution < -0.4 is 0 Å². The lowest BCUT2D eigenvalue weighted by molar-refractivity contribution is -0.144. The van der Waals surface area contributed by atoms with E-state index in [0.717, 1.165) is 16.8 Å². The summed E-state index contributed by atoms with van der Waals surface area (Å²) in [6, 6.07) is -0.811. The zero-order chi connectivity index (χ0) is 19.3. The lowest BCUT2D eigenvalue weighted by Crippen LogP contribution is -2.44. The third-order valence-electron chi connectivity index (χ3n) is 3.81. The number of amides is 1. The highest BCUT2D eigenvalue weighted by Crippen LogP contribution is 2.24. The van der Waals surface area contributed by atoms with Crippen molar-refractivity contribution in [3.63, 3.8) is 0 Å². The van der Waals surface area contributed by atoms with Gasteiger partial charge < -0.3 is 14.4 Å². The SMILES string of the molecule is COC(=O)/C=C/C(=O)O[C@@H]1C[C@@H](C(=O)n2ccnn2)N(C(=O)C(C)C)C1. The van der Waals surface area contributed by atoms with Crippen molar-refractivity contribution in [3.05, 3.63) is 24.5 Å². The lowest BCUT2D eigenvalue weighted by Gasteiger charge is -2.24. The van der Waals surface area contributed by atoms with E-state index in [0.29, 0.717) is 0 Å². The summed E-state index contributed by atoms with van der Waals surface area (Å²) in [4.78, 5) is 49.2. The number of likely N-dealkylation sites (tertiary alicyclic amines) is 1. The molecule has 2 rings (SSSR count). The minimum Gasteiger partial charge on any atom is -0.466 e. The van der Waals surface area contributed by atoms with Crippen molar-refractivity contribution in [2.45, 2.75) is 32.4 Å². The zero-order valence-corrected chi connectivity index (χ0v) is 14.7. The Morgan fingerprint density at radius 3 is 2.46 bits per heavy atom. The minimum absolute atomic E-state index is 0.0833. The van der Waals surface area contributed by atoms with Crippen molar-refractivity contribution in [1.29, 1.82) is 0 Å². The second kappa shape index (κ2) is 8.37. The van der Waals surface area contributed by atoms with Gasteiger partial charge in [0.2, 0.25) is 5.91 Å². The smallest absolute Gasteiger partial charge is 0.331 e. The van der Waals surface area contributed by atoms with Crippen molar-refractivity contribution in [3.8, 4) is 0 Å². The maximum absolute atomic E-state index is 12.6. The molecule has 0 aromatic carbocycles. The van der Waals surface area contributed by atoms with E-state index in [4.69, 9.17) is 4.74 Å². The van der Waals surface area contributed by atoms with Crippen LogP contribution in [0.1, 0.15) is 25.1 Å². The van der Waals surface area contributed by atoms with Crippen LogP contribution in [-0.4, -0.2) is 69.4 Å². The van der Waals surface area contributed by atoms with E-state index < -0.39 is 30.0 Å². The first-order valence-electron chi connectivity index (χ1n) is 8.01. The standard InChI is InChI=1S/C16H20N4O6/c1-10(2)15(23)19-9-11(26-14(22)5-4-13(21)25-3)8-12(19)16(24)20-7-6-17-18-20/h4-7,10-12H,8-9H2,1-3H3/b5-4+/t11-,12+/m1/s1. The van der Waals surface area contributed by atoms with Crippen LogP contribution in [0.3, 0.4) is 0 Å². The molecule has 0 aliphatic carbocycles. The molecule has 0 radical (unpaired) electrons. The van der Waals surface area contributed by atoms with Crippen LogP contribution in [0.2, 0.25) is 0 Å². The van der Waals surface area contributed by atoms with Gasteiger partial charge in [0.05, 0.1) is 26.0 Å². The number of hydrogen-bond acceptors (Lipinski definition) is 8. The fourth-order valence-electron chi connectivity index (χ4n) is 2.58. The highest BCUT2D eigenvalue weighted by molar-refractivity contribution is 5.92. The van der Waals surface area contributed by atoms with Crippen LogP contribution in [0.15, 0.2) is 24.5 Å². The van der Waals surface area contributed by atoms with E-state index in [9.17, 15) is 19.2 Å². The fourth-order valence-corrected chi connectivity index (χ4v) is 2.58. The zero-order valence-electron chi connectivity index (χ0n) is 14.7. The molecule has 0 N–H and O–H groups in total. The van der Waals surface area contributed by atoms with Crippen LogP contribution >= 0.6 is 0 Å². The Bertz CT molecular complexity index is 712. The Balaban J connectivity index is 2.10. The molecule has 2 atom stereocenters. The maximum atomic E-state index is 12.6. The predicted molar refractivity (Wildman–Crippen MR) is 86.6 cm³/mol. The number of carbonyl (C=O) groups is 4. The van der Waals surface area contributed by atoms with Gasteiger partial charge in [0.15, 0.2) is 0 Å². The molecular formula is C16H20N4O6. The summed E-state index contributed by atoms with van der Waals surface area (Å²) >= 11 is 0. The Morgan fingerprint density at radius 2 is 1.88 bits per heavy atom. The molecule has 1 aliphatic rings. The van der Waals surface area contributed by atoms with Gasteiger partial charge in [-0.1, -0.05) is 19.1 Å². The van der Waals surface area contributed by atoms with E-state index in [1.54, 1.807) is 13.8 Å². The molecule has 10 heteroatoms. The van der Waals surface area contributed by atoms with Crippen LogP contribution in [0.25, 0.3) is 0 Å². The number of nitrogens with zero attached hydrogens (tertiary/aromatic N) is 4.